The number of amides is 3. The van der Waals surface area contributed by atoms with Crippen molar-refractivity contribution in [2.75, 3.05) is 12.4 Å². The van der Waals surface area contributed by atoms with Crippen molar-refractivity contribution in [3.8, 4) is 16.9 Å². The molecule has 0 saturated heterocycles. The van der Waals surface area contributed by atoms with E-state index < -0.39 is 35.5 Å². The number of hydrogen-bond donors (Lipinski definition) is 1. The van der Waals surface area contributed by atoms with Crippen LogP contribution in [0.2, 0.25) is 0 Å². The Morgan fingerprint density at radius 2 is 1.38 bits per heavy atom. The molecule has 0 aliphatic carbocycles. The molecule has 0 fully saturated rings. The normalized spacial score (nSPS) is 14.4. The third-order valence-corrected chi connectivity index (χ3v) is 7.36. The number of anilines is 1. The fourth-order valence-electron chi connectivity index (χ4n) is 5.30. The average molecular weight is 561 g/mol. The molecule has 0 radical (unpaired) electrons. The van der Waals surface area contributed by atoms with Gasteiger partial charge < -0.3 is 14.8 Å². The third kappa shape index (κ3) is 4.60. The zero-order chi connectivity index (χ0) is 29.4. The lowest BCUT2D eigenvalue weighted by Crippen LogP contribution is -2.46. The van der Waals surface area contributed by atoms with Crippen LogP contribution in [0.5, 0.6) is 5.75 Å². The lowest BCUT2D eigenvalue weighted by Gasteiger charge is -2.24. The molecule has 0 saturated carbocycles. The number of hydrogen-bond acceptors (Lipinski definition) is 7. The first kappa shape index (κ1) is 26.6. The van der Waals surface area contributed by atoms with Crippen molar-refractivity contribution < 1.29 is 33.4 Å². The maximum Gasteiger partial charge on any atom is 0.329 e. The fraction of sp³-hybridized carbons (Fsp3) is 0.121. The molecule has 0 bridgehead atoms. The summed E-state index contributed by atoms with van der Waals surface area (Å²) in [5, 5.41) is 2.65. The first-order chi connectivity index (χ1) is 20.4. The SMILES string of the molecule is COC(=O)[C@@H](Cc1ccc(OCc2ccccc2)c(-c2cccc3c2NC(=O)C3=O)c1)N1C(=O)c2ccccc2C1=O. The summed E-state index contributed by atoms with van der Waals surface area (Å²) in [5.74, 6) is -2.77. The number of fused-ring (bicyclic) bond motifs is 2. The first-order valence-corrected chi connectivity index (χ1v) is 13.2. The molecule has 4 aromatic carbocycles. The Bertz CT molecular complexity index is 1750. The van der Waals surface area contributed by atoms with Crippen LogP contribution >= 0.6 is 0 Å². The van der Waals surface area contributed by atoms with E-state index in [1.807, 2.05) is 30.3 Å². The van der Waals surface area contributed by atoms with Gasteiger partial charge >= 0.3 is 5.97 Å². The van der Waals surface area contributed by atoms with Crippen molar-refractivity contribution in [1.29, 1.82) is 0 Å². The van der Waals surface area contributed by atoms with Gasteiger partial charge in [-0.05, 0) is 41.5 Å². The predicted octanol–water partition coefficient (Wildman–Crippen LogP) is 4.45. The number of benzene rings is 4. The number of Topliss-reactive ketones (excluding diaryl/α,β-unsaturated/α-hetero) is 1. The Labute approximate surface area is 240 Å². The predicted molar refractivity (Wildman–Crippen MR) is 152 cm³/mol. The highest BCUT2D eigenvalue weighted by Gasteiger charge is 2.43. The summed E-state index contributed by atoms with van der Waals surface area (Å²) in [6, 6.07) is 25.0. The number of esters is 1. The molecule has 6 rings (SSSR count). The fourth-order valence-corrected chi connectivity index (χ4v) is 5.30. The van der Waals surface area contributed by atoms with Gasteiger partial charge in [0.15, 0.2) is 0 Å². The summed E-state index contributed by atoms with van der Waals surface area (Å²) in [6.07, 6.45) is -0.0373. The van der Waals surface area contributed by atoms with E-state index in [2.05, 4.69) is 5.32 Å². The summed E-state index contributed by atoms with van der Waals surface area (Å²) in [5.41, 5.74) is 3.69. The van der Waals surface area contributed by atoms with Crippen LogP contribution < -0.4 is 10.1 Å². The van der Waals surface area contributed by atoms with Crippen molar-refractivity contribution in [2.45, 2.75) is 19.1 Å². The standard InChI is InChI=1S/C33H24N2O7/c1-41-33(40)26(35-31(38)22-10-5-6-11-23(22)32(35)39)17-20-14-15-27(42-18-19-8-3-2-4-9-19)25(16-20)21-12-7-13-24-28(21)34-30(37)29(24)36/h2-16,26H,17-18H2,1H3,(H,34,36,37)/t26-/m1/s1. The maximum atomic E-state index is 13.2. The number of rotatable bonds is 8. The molecule has 42 heavy (non-hydrogen) atoms. The van der Waals surface area contributed by atoms with E-state index in [0.29, 0.717) is 28.1 Å². The molecule has 9 heteroatoms. The summed E-state index contributed by atoms with van der Waals surface area (Å²) in [6.45, 7) is 0.257. The second-order valence-electron chi connectivity index (χ2n) is 9.89. The van der Waals surface area contributed by atoms with Gasteiger partial charge in [0, 0.05) is 17.5 Å². The van der Waals surface area contributed by atoms with Gasteiger partial charge in [0.2, 0.25) is 0 Å². The molecule has 1 atom stereocenters. The van der Waals surface area contributed by atoms with Crippen molar-refractivity contribution in [1.82, 2.24) is 4.90 Å². The molecular weight excluding hydrogens is 536 g/mol. The van der Waals surface area contributed by atoms with Crippen LogP contribution in [-0.2, 0) is 27.4 Å². The van der Waals surface area contributed by atoms with Crippen molar-refractivity contribution >= 4 is 35.2 Å². The number of carbonyl (C=O) groups is 5. The summed E-state index contributed by atoms with van der Waals surface area (Å²) in [7, 11) is 1.20. The van der Waals surface area contributed by atoms with Gasteiger partial charge in [0.25, 0.3) is 23.5 Å². The zero-order valence-electron chi connectivity index (χ0n) is 22.5. The van der Waals surface area contributed by atoms with Crippen LogP contribution in [0.1, 0.15) is 42.2 Å². The van der Waals surface area contributed by atoms with E-state index >= 15 is 0 Å². The number of methoxy groups -OCH3 is 1. The van der Waals surface area contributed by atoms with Gasteiger partial charge in [0.05, 0.1) is 29.5 Å². The lowest BCUT2D eigenvalue weighted by molar-refractivity contribution is -0.145. The minimum absolute atomic E-state index is 0.0373. The summed E-state index contributed by atoms with van der Waals surface area (Å²) < 4.78 is 11.2. The molecule has 4 aromatic rings. The molecule has 0 unspecified atom stereocenters. The number of para-hydroxylation sites is 1. The molecule has 1 N–H and O–H groups in total. The van der Waals surface area contributed by atoms with E-state index in [1.165, 1.54) is 7.11 Å². The molecule has 2 aliphatic rings. The van der Waals surface area contributed by atoms with Crippen molar-refractivity contribution in [3.05, 3.63) is 119 Å². The van der Waals surface area contributed by atoms with E-state index in [1.54, 1.807) is 60.7 Å². The number of imide groups is 1. The maximum absolute atomic E-state index is 13.2. The molecule has 2 aliphatic heterocycles. The van der Waals surface area contributed by atoms with E-state index in [0.717, 1.165) is 10.5 Å². The Kier molecular flexibility index (Phi) is 6.84. The quantitative estimate of drug-likeness (QED) is 0.192. The number of nitrogens with zero attached hydrogens (tertiary/aromatic N) is 1. The summed E-state index contributed by atoms with van der Waals surface area (Å²) >= 11 is 0. The Morgan fingerprint density at radius 3 is 2.07 bits per heavy atom. The molecule has 0 spiro atoms. The molecule has 3 amide bonds. The van der Waals surface area contributed by atoms with Crippen LogP contribution in [0.15, 0.2) is 91.0 Å². The van der Waals surface area contributed by atoms with Crippen molar-refractivity contribution in [3.63, 3.8) is 0 Å². The Balaban J connectivity index is 1.40. The molecule has 208 valence electrons. The van der Waals surface area contributed by atoms with Crippen LogP contribution in [0.4, 0.5) is 5.69 Å². The number of carbonyl (C=O) groups excluding carboxylic acids is 5. The second-order valence-corrected chi connectivity index (χ2v) is 9.89. The largest absolute Gasteiger partial charge is 0.488 e. The number of nitrogens with one attached hydrogen (secondary N) is 1. The molecule has 0 aromatic heterocycles. The van der Waals surface area contributed by atoms with Crippen LogP contribution in [-0.4, -0.2) is 47.5 Å². The second kappa shape index (κ2) is 10.8. The van der Waals surface area contributed by atoms with Gasteiger partial charge in [-0.15, -0.1) is 0 Å². The van der Waals surface area contributed by atoms with E-state index in [4.69, 9.17) is 9.47 Å². The third-order valence-electron chi connectivity index (χ3n) is 7.36. The number of ether oxygens (including phenoxy) is 2. The van der Waals surface area contributed by atoms with Crippen LogP contribution in [0.3, 0.4) is 0 Å². The molecule has 9 nitrogen and oxygen atoms in total. The van der Waals surface area contributed by atoms with E-state index in [9.17, 15) is 24.0 Å². The van der Waals surface area contributed by atoms with Crippen LogP contribution in [0.25, 0.3) is 11.1 Å². The topological polar surface area (TPSA) is 119 Å². The van der Waals surface area contributed by atoms with Gasteiger partial charge in [0.1, 0.15) is 18.4 Å². The molecular formula is C33H24N2O7. The monoisotopic (exact) mass is 560 g/mol. The minimum atomic E-state index is -1.23. The number of ketones is 1. The smallest absolute Gasteiger partial charge is 0.329 e. The van der Waals surface area contributed by atoms with Gasteiger partial charge in [-0.1, -0.05) is 60.7 Å². The zero-order valence-corrected chi connectivity index (χ0v) is 22.5. The Hall–Kier alpha value is -5.57. The lowest BCUT2D eigenvalue weighted by atomic mass is 9.95. The molecule has 2 heterocycles. The van der Waals surface area contributed by atoms with Gasteiger partial charge in [-0.25, -0.2) is 4.79 Å². The highest BCUT2D eigenvalue weighted by atomic mass is 16.5. The summed E-state index contributed by atoms with van der Waals surface area (Å²) in [4.78, 5) is 65.0. The van der Waals surface area contributed by atoms with Crippen LogP contribution in [0, 0.1) is 0 Å². The minimum Gasteiger partial charge on any atom is -0.488 e. The highest BCUT2D eigenvalue weighted by molar-refractivity contribution is 6.52. The van der Waals surface area contributed by atoms with E-state index in [-0.39, 0.29) is 29.7 Å². The highest BCUT2D eigenvalue weighted by Crippen LogP contribution is 2.40. The first-order valence-electron chi connectivity index (χ1n) is 13.2. The van der Waals surface area contributed by atoms with Gasteiger partial charge in [-0.3, -0.25) is 24.1 Å². The Morgan fingerprint density at radius 1 is 0.738 bits per heavy atom. The van der Waals surface area contributed by atoms with Gasteiger partial charge in [-0.2, -0.15) is 0 Å². The average Bonchev–Trinajstić information content (AvgIpc) is 3.46. The van der Waals surface area contributed by atoms with Crippen molar-refractivity contribution in [2.24, 2.45) is 0 Å².